The van der Waals surface area contributed by atoms with Crippen molar-refractivity contribution in [1.29, 1.82) is 0 Å². The van der Waals surface area contributed by atoms with Gasteiger partial charge in [0.25, 0.3) is 0 Å². The third kappa shape index (κ3) is 3.28. The molecule has 1 amide bonds. The van der Waals surface area contributed by atoms with Gasteiger partial charge in [-0.1, -0.05) is 24.3 Å². The topological polar surface area (TPSA) is 55.1 Å². The highest BCUT2D eigenvalue weighted by Gasteiger charge is 2.38. The van der Waals surface area contributed by atoms with Gasteiger partial charge >= 0.3 is 12.1 Å². The maximum atomic E-state index is 12.1. The van der Waals surface area contributed by atoms with Gasteiger partial charge in [0, 0.05) is 11.4 Å². The number of nitrogens with one attached hydrogen (secondary N) is 1. The molecule has 0 saturated carbocycles. The molecule has 2 aromatic rings. The minimum atomic E-state index is -4.89. The molecule has 0 unspecified atom stereocenters. The van der Waals surface area contributed by atoms with Gasteiger partial charge in [0.1, 0.15) is 0 Å². The van der Waals surface area contributed by atoms with Crippen LogP contribution < -0.4 is 11.1 Å². The molecular formula is C14H11F3N2O. The second-order valence-corrected chi connectivity index (χ2v) is 4.15. The molecule has 0 atom stereocenters. The quantitative estimate of drug-likeness (QED) is 0.828. The van der Waals surface area contributed by atoms with E-state index < -0.39 is 12.1 Å². The zero-order chi connectivity index (χ0) is 14.8. The predicted molar refractivity (Wildman–Crippen MR) is 71.0 cm³/mol. The molecule has 104 valence electrons. The van der Waals surface area contributed by atoms with Gasteiger partial charge < -0.3 is 11.1 Å². The molecule has 3 N–H and O–H groups in total. The molecule has 0 saturated heterocycles. The van der Waals surface area contributed by atoms with Gasteiger partial charge in [0.05, 0.1) is 0 Å². The maximum absolute atomic E-state index is 12.1. The Morgan fingerprint density at radius 2 is 1.35 bits per heavy atom. The number of hydrogen-bond acceptors (Lipinski definition) is 2. The molecule has 0 aromatic heterocycles. The van der Waals surface area contributed by atoms with Crippen molar-refractivity contribution < 1.29 is 18.0 Å². The van der Waals surface area contributed by atoms with Gasteiger partial charge in [0.2, 0.25) is 0 Å². The molecule has 6 heteroatoms. The number of halogens is 3. The molecule has 20 heavy (non-hydrogen) atoms. The Kier molecular flexibility index (Phi) is 3.65. The molecule has 0 aliphatic rings. The Bertz CT molecular complexity index is 604. The van der Waals surface area contributed by atoms with Crippen LogP contribution in [0.2, 0.25) is 0 Å². The largest absolute Gasteiger partial charge is 0.471 e. The summed E-state index contributed by atoms with van der Waals surface area (Å²) in [5.41, 5.74) is 7.98. The van der Waals surface area contributed by atoms with Crippen LogP contribution in [0.25, 0.3) is 11.1 Å². The van der Waals surface area contributed by atoms with Crippen LogP contribution in [0, 0.1) is 0 Å². The van der Waals surface area contributed by atoms with E-state index in [9.17, 15) is 18.0 Å². The van der Waals surface area contributed by atoms with Crippen LogP contribution in [0.4, 0.5) is 24.5 Å². The van der Waals surface area contributed by atoms with Crippen LogP contribution in [0.3, 0.4) is 0 Å². The van der Waals surface area contributed by atoms with Crippen LogP contribution in [-0.2, 0) is 4.79 Å². The third-order valence-electron chi connectivity index (χ3n) is 2.64. The number of rotatable bonds is 2. The lowest BCUT2D eigenvalue weighted by Crippen LogP contribution is -2.29. The summed E-state index contributed by atoms with van der Waals surface area (Å²) in [5.74, 6) is -1.99. The first-order chi connectivity index (χ1) is 9.36. The van der Waals surface area contributed by atoms with E-state index in [-0.39, 0.29) is 5.69 Å². The van der Waals surface area contributed by atoms with Crippen molar-refractivity contribution in [1.82, 2.24) is 0 Å². The zero-order valence-electron chi connectivity index (χ0n) is 10.2. The van der Waals surface area contributed by atoms with Crippen molar-refractivity contribution in [2.75, 3.05) is 11.1 Å². The number of hydrogen-bond donors (Lipinski definition) is 2. The van der Waals surface area contributed by atoms with E-state index >= 15 is 0 Å². The van der Waals surface area contributed by atoms with Crippen LogP contribution in [0.1, 0.15) is 0 Å². The fourth-order valence-electron chi connectivity index (χ4n) is 1.62. The van der Waals surface area contributed by atoms with E-state index in [0.717, 1.165) is 11.1 Å². The van der Waals surface area contributed by atoms with Crippen molar-refractivity contribution in [3.63, 3.8) is 0 Å². The molecule has 0 heterocycles. The minimum absolute atomic E-state index is 0.0894. The second-order valence-electron chi connectivity index (χ2n) is 4.15. The molecule has 0 aliphatic carbocycles. The van der Waals surface area contributed by atoms with Gasteiger partial charge in [-0.05, 0) is 35.4 Å². The number of benzene rings is 2. The Hall–Kier alpha value is -2.50. The summed E-state index contributed by atoms with van der Waals surface area (Å²) in [6, 6.07) is 13.1. The number of alkyl halides is 3. The Labute approximate surface area is 113 Å². The van der Waals surface area contributed by atoms with Gasteiger partial charge in [-0.15, -0.1) is 0 Å². The van der Waals surface area contributed by atoms with Crippen molar-refractivity contribution in [2.24, 2.45) is 0 Å². The lowest BCUT2D eigenvalue weighted by Gasteiger charge is -2.08. The molecule has 0 fully saturated rings. The van der Waals surface area contributed by atoms with Crippen molar-refractivity contribution in [3.05, 3.63) is 48.5 Å². The summed E-state index contributed by atoms with van der Waals surface area (Å²) >= 11 is 0. The van der Waals surface area contributed by atoms with Crippen molar-refractivity contribution in [3.8, 4) is 11.1 Å². The van der Waals surface area contributed by atoms with Gasteiger partial charge in [-0.2, -0.15) is 13.2 Å². The molecule has 0 aliphatic heterocycles. The molecular weight excluding hydrogens is 269 g/mol. The number of amides is 1. The normalized spacial score (nSPS) is 11.2. The highest BCUT2D eigenvalue weighted by atomic mass is 19.4. The third-order valence-corrected chi connectivity index (χ3v) is 2.64. The van der Waals surface area contributed by atoms with E-state index in [2.05, 4.69) is 0 Å². The monoisotopic (exact) mass is 280 g/mol. The SMILES string of the molecule is Nc1ccc(-c2ccc(NC(=O)C(F)(F)F)cc2)cc1. The lowest BCUT2D eigenvalue weighted by atomic mass is 10.1. The van der Waals surface area contributed by atoms with Gasteiger partial charge in [-0.3, -0.25) is 4.79 Å². The molecule has 0 spiro atoms. The Morgan fingerprint density at radius 1 is 0.900 bits per heavy atom. The number of carbonyl (C=O) groups is 1. The zero-order valence-corrected chi connectivity index (χ0v) is 10.2. The maximum Gasteiger partial charge on any atom is 0.471 e. The fourth-order valence-corrected chi connectivity index (χ4v) is 1.62. The second kappa shape index (κ2) is 5.24. The molecule has 2 rings (SSSR count). The molecule has 3 nitrogen and oxygen atoms in total. The number of nitrogen functional groups attached to an aromatic ring is 1. The fraction of sp³-hybridized carbons (Fsp3) is 0.0714. The Morgan fingerprint density at radius 3 is 1.80 bits per heavy atom. The lowest BCUT2D eigenvalue weighted by molar-refractivity contribution is -0.167. The predicted octanol–water partition coefficient (Wildman–Crippen LogP) is 3.44. The van der Waals surface area contributed by atoms with Crippen LogP contribution in [-0.4, -0.2) is 12.1 Å². The van der Waals surface area contributed by atoms with Crippen LogP contribution in [0.15, 0.2) is 48.5 Å². The number of carbonyl (C=O) groups excluding carboxylic acids is 1. The van der Waals surface area contributed by atoms with Gasteiger partial charge in [0.15, 0.2) is 0 Å². The van der Waals surface area contributed by atoms with Gasteiger partial charge in [-0.25, -0.2) is 0 Å². The highest BCUT2D eigenvalue weighted by molar-refractivity contribution is 5.95. The smallest absolute Gasteiger partial charge is 0.399 e. The summed E-state index contributed by atoms with van der Waals surface area (Å²) in [6.07, 6.45) is -4.89. The summed E-state index contributed by atoms with van der Waals surface area (Å²) in [6.45, 7) is 0. The van der Waals surface area contributed by atoms with Crippen molar-refractivity contribution in [2.45, 2.75) is 6.18 Å². The number of anilines is 2. The van der Waals surface area contributed by atoms with E-state index in [1.54, 1.807) is 41.7 Å². The van der Waals surface area contributed by atoms with E-state index in [1.807, 2.05) is 0 Å². The average molecular weight is 280 g/mol. The first kappa shape index (κ1) is 13.9. The van der Waals surface area contributed by atoms with E-state index in [0.29, 0.717) is 5.69 Å². The summed E-state index contributed by atoms with van der Waals surface area (Å²) in [5, 5.41) is 1.79. The minimum Gasteiger partial charge on any atom is -0.399 e. The van der Waals surface area contributed by atoms with Crippen molar-refractivity contribution >= 4 is 17.3 Å². The summed E-state index contributed by atoms with van der Waals surface area (Å²) in [4.78, 5) is 10.8. The number of nitrogens with two attached hydrogens (primary N) is 1. The van der Waals surface area contributed by atoms with Crippen LogP contribution in [0.5, 0.6) is 0 Å². The standard InChI is InChI=1S/C14H11F3N2O/c15-14(16,17)13(20)19-12-7-3-10(4-8-12)9-1-5-11(18)6-2-9/h1-8H,18H2,(H,19,20). The van der Waals surface area contributed by atoms with E-state index in [4.69, 9.17) is 5.73 Å². The first-order valence-electron chi connectivity index (χ1n) is 5.70. The first-order valence-corrected chi connectivity index (χ1v) is 5.70. The van der Waals surface area contributed by atoms with E-state index in [1.165, 1.54) is 12.1 Å². The average Bonchev–Trinajstić information content (AvgIpc) is 2.39. The summed E-state index contributed by atoms with van der Waals surface area (Å²) < 4.78 is 36.3. The highest BCUT2D eigenvalue weighted by Crippen LogP contribution is 2.23. The summed E-state index contributed by atoms with van der Waals surface area (Å²) in [7, 11) is 0. The van der Waals surface area contributed by atoms with Crippen LogP contribution >= 0.6 is 0 Å². The molecule has 0 bridgehead atoms. The molecule has 0 radical (unpaired) electrons. The molecule has 2 aromatic carbocycles. The Balaban J connectivity index is 2.14.